The summed E-state index contributed by atoms with van der Waals surface area (Å²) in [5.74, 6) is 0. The van der Waals surface area contributed by atoms with Crippen LogP contribution in [-0.4, -0.2) is 46.0 Å². The van der Waals surface area contributed by atoms with Crippen LogP contribution in [-0.2, 0) is 14.8 Å². The van der Waals surface area contributed by atoms with Crippen LogP contribution in [0.25, 0.3) is 0 Å². The zero-order valence-electron chi connectivity index (χ0n) is 11.8. The molecule has 0 aromatic carbocycles. The van der Waals surface area contributed by atoms with Crippen molar-refractivity contribution in [3.63, 3.8) is 0 Å². The van der Waals surface area contributed by atoms with Crippen molar-refractivity contribution in [1.29, 1.82) is 0 Å². The normalized spacial score (nSPS) is 27.5. The average Bonchev–Trinajstić information content (AvgIpc) is 2.35. The van der Waals surface area contributed by atoms with Crippen LogP contribution in [0.3, 0.4) is 0 Å². The number of sulfonamides is 1. The van der Waals surface area contributed by atoms with E-state index < -0.39 is 10.0 Å². The highest BCUT2D eigenvalue weighted by atomic mass is 32.2. The monoisotopic (exact) mass is 290 g/mol. The minimum absolute atomic E-state index is 0.110. The number of hydrogen-bond donors (Lipinski definition) is 2. The quantitative estimate of drug-likeness (QED) is 0.742. The predicted molar refractivity (Wildman–Crippen MR) is 75.6 cm³/mol. The standard InChI is InChI=1S/C13H26N2O3S/c1-19(16,17)15-9-8-14-12-5-10-18-13(11-12)6-3-2-4-7-13/h12,14-15H,2-11H2,1H3. The van der Waals surface area contributed by atoms with Crippen molar-refractivity contribution < 1.29 is 13.2 Å². The van der Waals surface area contributed by atoms with Gasteiger partial charge in [0.25, 0.3) is 0 Å². The Morgan fingerprint density at radius 2 is 1.95 bits per heavy atom. The fourth-order valence-electron chi connectivity index (χ4n) is 3.26. The van der Waals surface area contributed by atoms with Crippen LogP contribution >= 0.6 is 0 Å². The molecule has 0 bridgehead atoms. The number of hydrogen-bond acceptors (Lipinski definition) is 4. The molecular weight excluding hydrogens is 264 g/mol. The molecular formula is C13H26N2O3S. The zero-order valence-corrected chi connectivity index (χ0v) is 12.6. The Labute approximate surface area is 116 Å². The van der Waals surface area contributed by atoms with Gasteiger partial charge in [0.15, 0.2) is 0 Å². The van der Waals surface area contributed by atoms with Crippen LogP contribution < -0.4 is 10.0 Å². The Kier molecular flexibility index (Phi) is 5.22. The summed E-state index contributed by atoms with van der Waals surface area (Å²) in [4.78, 5) is 0. The third-order valence-electron chi connectivity index (χ3n) is 4.18. The first kappa shape index (κ1) is 15.2. The topological polar surface area (TPSA) is 67.4 Å². The Balaban J connectivity index is 1.72. The van der Waals surface area contributed by atoms with Gasteiger partial charge in [-0.1, -0.05) is 19.3 Å². The van der Waals surface area contributed by atoms with E-state index in [1.807, 2.05) is 0 Å². The van der Waals surface area contributed by atoms with E-state index in [2.05, 4.69) is 10.0 Å². The molecule has 2 fully saturated rings. The van der Waals surface area contributed by atoms with Crippen molar-refractivity contribution >= 4 is 10.0 Å². The summed E-state index contributed by atoms with van der Waals surface area (Å²) in [5.41, 5.74) is 0.110. The molecule has 1 saturated heterocycles. The molecule has 1 aliphatic heterocycles. The number of ether oxygens (including phenoxy) is 1. The largest absolute Gasteiger partial charge is 0.375 e. The molecule has 1 heterocycles. The second kappa shape index (κ2) is 6.52. The maximum Gasteiger partial charge on any atom is 0.208 e. The molecule has 19 heavy (non-hydrogen) atoms. The molecule has 6 heteroatoms. The molecule has 1 unspecified atom stereocenters. The summed E-state index contributed by atoms with van der Waals surface area (Å²) < 4.78 is 30.5. The van der Waals surface area contributed by atoms with Gasteiger partial charge in [-0.15, -0.1) is 0 Å². The molecule has 5 nitrogen and oxygen atoms in total. The zero-order chi connectivity index (χ0) is 13.8. The average molecular weight is 290 g/mol. The summed E-state index contributed by atoms with van der Waals surface area (Å²) in [5, 5.41) is 3.46. The molecule has 1 saturated carbocycles. The van der Waals surface area contributed by atoms with Crippen molar-refractivity contribution in [3.05, 3.63) is 0 Å². The predicted octanol–water partition coefficient (Wildman–Crippen LogP) is 1.01. The van der Waals surface area contributed by atoms with E-state index in [1.54, 1.807) is 0 Å². The highest BCUT2D eigenvalue weighted by Crippen LogP contribution is 2.38. The maximum atomic E-state index is 11.0. The van der Waals surface area contributed by atoms with Gasteiger partial charge in [0, 0.05) is 25.7 Å². The van der Waals surface area contributed by atoms with Gasteiger partial charge in [-0.3, -0.25) is 0 Å². The van der Waals surface area contributed by atoms with E-state index >= 15 is 0 Å². The Morgan fingerprint density at radius 1 is 1.21 bits per heavy atom. The summed E-state index contributed by atoms with van der Waals surface area (Å²) >= 11 is 0. The Morgan fingerprint density at radius 3 is 2.63 bits per heavy atom. The van der Waals surface area contributed by atoms with Crippen molar-refractivity contribution in [2.75, 3.05) is 26.0 Å². The maximum absolute atomic E-state index is 11.0. The second-order valence-electron chi connectivity index (χ2n) is 5.90. The van der Waals surface area contributed by atoms with Gasteiger partial charge in [-0.2, -0.15) is 0 Å². The molecule has 0 aromatic heterocycles. The summed E-state index contributed by atoms with van der Waals surface area (Å²) in [6, 6.07) is 0.466. The van der Waals surface area contributed by atoms with E-state index in [1.165, 1.54) is 38.4 Å². The molecule has 1 spiro atoms. The lowest BCUT2D eigenvalue weighted by atomic mass is 9.78. The first-order valence-electron chi connectivity index (χ1n) is 7.31. The van der Waals surface area contributed by atoms with E-state index in [4.69, 9.17) is 4.74 Å². The van der Waals surface area contributed by atoms with Crippen LogP contribution in [0.2, 0.25) is 0 Å². The summed E-state index contributed by atoms with van der Waals surface area (Å²) in [6.45, 7) is 1.98. The highest BCUT2D eigenvalue weighted by Gasteiger charge is 2.38. The third kappa shape index (κ3) is 5.02. The van der Waals surface area contributed by atoms with Gasteiger partial charge in [-0.05, 0) is 25.7 Å². The fraction of sp³-hybridized carbons (Fsp3) is 1.00. The van der Waals surface area contributed by atoms with Gasteiger partial charge in [0.1, 0.15) is 0 Å². The van der Waals surface area contributed by atoms with Gasteiger partial charge < -0.3 is 10.1 Å². The van der Waals surface area contributed by atoms with Crippen LogP contribution in [0.5, 0.6) is 0 Å². The lowest BCUT2D eigenvalue weighted by Crippen LogP contribution is -2.49. The van der Waals surface area contributed by atoms with Gasteiger partial charge in [-0.25, -0.2) is 13.1 Å². The van der Waals surface area contributed by atoms with Gasteiger partial charge in [0.05, 0.1) is 11.9 Å². The van der Waals surface area contributed by atoms with E-state index in [9.17, 15) is 8.42 Å². The molecule has 1 aliphatic carbocycles. The van der Waals surface area contributed by atoms with Crippen molar-refractivity contribution in [3.8, 4) is 0 Å². The third-order valence-corrected chi connectivity index (χ3v) is 4.91. The molecule has 112 valence electrons. The molecule has 2 aliphatic rings. The van der Waals surface area contributed by atoms with Crippen molar-refractivity contribution in [2.24, 2.45) is 0 Å². The molecule has 0 aromatic rings. The minimum atomic E-state index is -3.07. The van der Waals surface area contributed by atoms with Crippen LogP contribution in [0.1, 0.15) is 44.9 Å². The van der Waals surface area contributed by atoms with E-state index in [0.29, 0.717) is 19.1 Å². The summed E-state index contributed by atoms with van der Waals surface area (Å²) in [6.07, 6.45) is 9.57. The summed E-state index contributed by atoms with van der Waals surface area (Å²) in [7, 11) is -3.07. The number of rotatable bonds is 5. The highest BCUT2D eigenvalue weighted by molar-refractivity contribution is 7.88. The molecule has 0 amide bonds. The SMILES string of the molecule is CS(=O)(=O)NCCNC1CCOC2(CCCCC2)C1. The second-order valence-corrected chi connectivity index (χ2v) is 7.74. The lowest BCUT2D eigenvalue weighted by molar-refractivity contribution is -0.109. The minimum Gasteiger partial charge on any atom is -0.375 e. The van der Waals surface area contributed by atoms with E-state index in [-0.39, 0.29) is 5.60 Å². The van der Waals surface area contributed by atoms with Crippen molar-refractivity contribution in [2.45, 2.75) is 56.6 Å². The molecule has 2 N–H and O–H groups in total. The molecule has 1 atom stereocenters. The Hall–Kier alpha value is -0.170. The smallest absolute Gasteiger partial charge is 0.208 e. The Bertz CT molecular complexity index is 372. The van der Waals surface area contributed by atoms with Crippen LogP contribution in [0.4, 0.5) is 0 Å². The van der Waals surface area contributed by atoms with Gasteiger partial charge >= 0.3 is 0 Å². The van der Waals surface area contributed by atoms with Crippen LogP contribution in [0, 0.1) is 0 Å². The van der Waals surface area contributed by atoms with Crippen LogP contribution in [0.15, 0.2) is 0 Å². The first-order chi connectivity index (χ1) is 8.99. The molecule has 2 rings (SSSR count). The fourth-order valence-corrected chi connectivity index (χ4v) is 3.73. The number of nitrogens with one attached hydrogen (secondary N) is 2. The van der Waals surface area contributed by atoms with E-state index in [0.717, 1.165) is 19.4 Å². The molecule has 0 radical (unpaired) electrons. The van der Waals surface area contributed by atoms with Gasteiger partial charge in [0.2, 0.25) is 10.0 Å². The van der Waals surface area contributed by atoms with Crippen molar-refractivity contribution in [1.82, 2.24) is 10.0 Å². The lowest BCUT2D eigenvalue weighted by Gasteiger charge is -2.43. The first-order valence-corrected chi connectivity index (χ1v) is 9.20.